The van der Waals surface area contributed by atoms with Crippen molar-refractivity contribution < 1.29 is 19.7 Å². The lowest BCUT2D eigenvalue weighted by molar-refractivity contribution is 0.0952. The van der Waals surface area contributed by atoms with Gasteiger partial charge in [-0.25, -0.2) is 5.43 Å². The minimum Gasteiger partial charge on any atom is -0.507 e. The molecule has 2 aromatic rings. The van der Waals surface area contributed by atoms with Gasteiger partial charge in [-0.2, -0.15) is 5.10 Å². The zero-order chi connectivity index (χ0) is 15.9. The van der Waals surface area contributed by atoms with Crippen molar-refractivity contribution in [3.63, 3.8) is 0 Å². The van der Waals surface area contributed by atoms with Crippen molar-refractivity contribution in [2.75, 3.05) is 6.61 Å². The largest absolute Gasteiger partial charge is 0.507 e. The molecule has 0 aliphatic carbocycles. The zero-order valence-electron chi connectivity index (χ0n) is 12.0. The van der Waals surface area contributed by atoms with Gasteiger partial charge >= 0.3 is 0 Å². The molecule has 0 unspecified atom stereocenters. The van der Waals surface area contributed by atoms with Crippen molar-refractivity contribution in [2.24, 2.45) is 5.10 Å². The molecule has 0 saturated heterocycles. The number of nitrogens with zero attached hydrogens (tertiary/aromatic N) is 1. The van der Waals surface area contributed by atoms with E-state index in [2.05, 4.69) is 10.5 Å². The maximum Gasteiger partial charge on any atom is 0.275 e. The number of hydrogen-bond acceptors (Lipinski definition) is 5. The Morgan fingerprint density at radius 1 is 1.23 bits per heavy atom. The first-order valence-corrected chi connectivity index (χ1v) is 6.69. The van der Waals surface area contributed by atoms with Crippen LogP contribution in [0.5, 0.6) is 17.2 Å². The summed E-state index contributed by atoms with van der Waals surface area (Å²) in [6, 6.07) is 11.0. The lowest BCUT2D eigenvalue weighted by Gasteiger charge is -2.05. The summed E-state index contributed by atoms with van der Waals surface area (Å²) in [6.07, 6.45) is 1.38. The second-order valence-electron chi connectivity index (χ2n) is 4.38. The van der Waals surface area contributed by atoms with Gasteiger partial charge in [-0.05, 0) is 42.8 Å². The highest BCUT2D eigenvalue weighted by atomic mass is 16.5. The van der Waals surface area contributed by atoms with Crippen LogP contribution in [-0.2, 0) is 0 Å². The Morgan fingerprint density at radius 2 is 2.00 bits per heavy atom. The first-order valence-electron chi connectivity index (χ1n) is 6.69. The SMILES string of the molecule is CCOc1ccc(C=NNC(=O)c2ccccc2O)cc1O. The molecule has 0 bridgehead atoms. The average Bonchev–Trinajstić information content (AvgIpc) is 2.50. The van der Waals surface area contributed by atoms with Crippen molar-refractivity contribution >= 4 is 12.1 Å². The fourth-order valence-corrected chi connectivity index (χ4v) is 1.78. The second kappa shape index (κ2) is 7.12. The van der Waals surface area contributed by atoms with Gasteiger partial charge in [-0.1, -0.05) is 12.1 Å². The first kappa shape index (κ1) is 15.4. The Kier molecular flexibility index (Phi) is 4.98. The summed E-state index contributed by atoms with van der Waals surface area (Å²) in [5, 5.41) is 23.1. The molecule has 0 aliphatic rings. The Bertz CT molecular complexity index is 698. The van der Waals surface area contributed by atoms with E-state index in [4.69, 9.17) is 4.74 Å². The van der Waals surface area contributed by atoms with Crippen LogP contribution >= 0.6 is 0 Å². The average molecular weight is 300 g/mol. The van der Waals surface area contributed by atoms with Gasteiger partial charge in [0, 0.05) is 0 Å². The van der Waals surface area contributed by atoms with Gasteiger partial charge in [0.15, 0.2) is 11.5 Å². The fraction of sp³-hybridized carbons (Fsp3) is 0.125. The van der Waals surface area contributed by atoms with Crippen LogP contribution in [0, 0.1) is 0 Å². The second-order valence-corrected chi connectivity index (χ2v) is 4.38. The molecule has 0 aliphatic heterocycles. The third kappa shape index (κ3) is 3.76. The topological polar surface area (TPSA) is 91.2 Å². The highest BCUT2D eigenvalue weighted by molar-refractivity contribution is 5.97. The molecule has 2 rings (SSSR count). The molecule has 22 heavy (non-hydrogen) atoms. The maximum atomic E-state index is 11.8. The van der Waals surface area contributed by atoms with Crippen molar-refractivity contribution in [2.45, 2.75) is 6.92 Å². The zero-order valence-corrected chi connectivity index (χ0v) is 12.0. The van der Waals surface area contributed by atoms with Gasteiger partial charge in [0.25, 0.3) is 5.91 Å². The number of amides is 1. The van der Waals surface area contributed by atoms with Gasteiger partial charge in [0.1, 0.15) is 5.75 Å². The summed E-state index contributed by atoms with van der Waals surface area (Å²) in [7, 11) is 0. The molecule has 6 heteroatoms. The molecule has 6 nitrogen and oxygen atoms in total. The predicted molar refractivity (Wildman–Crippen MR) is 82.4 cm³/mol. The smallest absolute Gasteiger partial charge is 0.275 e. The van der Waals surface area contributed by atoms with Crippen molar-refractivity contribution in [1.29, 1.82) is 0 Å². The van der Waals surface area contributed by atoms with E-state index in [1.54, 1.807) is 24.3 Å². The molecule has 0 atom stereocenters. The molecule has 1 amide bonds. The number of benzene rings is 2. The lowest BCUT2D eigenvalue weighted by Crippen LogP contribution is -2.17. The van der Waals surface area contributed by atoms with E-state index in [-0.39, 0.29) is 17.1 Å². The molecule has 0 fully saturated rings. The van der Waals surface area contributed by atoms with Crippen LogP contribution in [0.25, 0.3) is 0 Å². The first-order chi connectivity index (χ1) is 10.6. The molecule has 0 radical (unpaired) electrons. The van der Waals surface area contributed by atoms with Crippen LogP contribution in [0.4, 0.5) is 0 Å². The third-order valence-corrected chi connectivity index (χ3v) is 2.81. The Balaban J connectivity index is 2.02. The van der Waals surface area contributed by atoms with E-state index in [9.17, 15) is 15.0 Å². The number of phenolic OH excluding ortho intramolecular Hbond substituents is 2. The number of carbonyl (C=O) groups excluding carboxylic acids is 1. The Hall–Kier alpha value is -3.02. The van der Waals surface area contributed by atoms with E-state index in [1.807, 2.05) is 6.92 Å². The summed E-state index contributed by atoms with van der Waals surface area (Å²) in [4.78, 5) is 11.8. The summed E-state index contributed by atoms with van der Waals surface area (Å²) < 4.78 is 5.21. The fourth-order valence-electron chi connectivity index (χ4n) is 1.78. The minimum absolute atomic E-state index is 0.00201. The number of phenols is 2. The van der Waals surface area contributed by atoms with E-state index in [1.165, 1.54) is 24.4 Å². The third-order valence-electron chi connectivity index (χ3n) is 2.81. The minimum atomic E-state index is -0.524. The number of para-hydroxylation sites is 1. The normalized spacial score (nSPS) is 10.6. The van der Waals surface area contributed by atoms with Crippen LogP contribution in [0.1, 0.15) is 22.8 Å². The van der Waals surface area contributed by atoms with Crippen LogP contribution in [-0.4, -0.2) is 28.9 Å². The van der Waals surface area contributed by atoms with Crippen molar-refractivity contribution in [3.05, 3.63) is 53.6 Å². The molecule has 0 aromatic heterocycles. The Morgan fingerprint density at radius 3 is 2.68 bits per heavy atom. The number of carbonyl (C=O) groups is 1. The predicted octanol–water partition coefficient (Wildman–Crippen LogP) is 2.26. The van der Waals surface area contributed by atoms with E-state index in [0.717, 1.165) is 0 Å². The maximum absolute atomic E-state index is 11.8. The summed E-state index contributed by atoms with van der Waals surface area (Å²) in [5.41, 5.74) is 3.03. The molecular weight excluding hydrogens is 284 g/mol. The van der Waals surface area contributed by atoms with Crippen molar-refractivity contribution in [3.8, 4) is 17.2 Å². The number of nitrogens with one attached hydrogen (secondary N) is 1. The lowest BCUT2D eigenvalue weighted by atomic mass is 10.2. The number of rotatable bonds is 5. The van der Waals surface area contributed by atoms with Gasteiger partial charge in [0.05, 0.1) is 18.4 Å². The summed E-state index contributed by atoms with van der Waals surface area (Å²) >= 11 is 0. The van der Waals surface area contributed by atoms with Crippen LogP contribution in [0.3, 0.4) is 0 Å². The van der Waals surface area contributed by atoms with Gasteiger partial charge in [-0.15, -0.1) is 0 Å². The van der Waals surface area contributed by atoms with E-state index in [0.29, 0.717) is 17.9 Å². The van der Waals surface area contributed by atoms with E-state index < -0.39 is 5.91 Å². The molecule has 0 heterocycles. The summed E-state index contributed by atoms with van der Waals surface area (Å²) in [6.45, 7) is 2.28. The van der Waals surface area contributed by atoms with Crippen LogP contribution in [0.2, 0.25) is 0 Å². The van der Waals surface area contributed by atoms with Gasteiger partial charge in [-0.3, -0.25) is 4.79 Å². The summed E-state index contributed by atoms with van der Waals surface area (Å²) in [5.74, 6) is -0.255. The molecule has 0 spiro atoms. The van der Waals surface area contributed by atoms with Gasteiger partial charge in [0.2, 0.25) is 0 Å². The number of ether oxygens (including phenoxy) is 1. The number of aromatic hydroxyl groups is 2. The van der Waals surface area contributed by atoms with Crippen molar-refractivity contribution in [1.82, 2.24) is 5.43 Å². The quantitative estimate of drug-likeness (QED) is 0.583. The Labute approximate surface area is 127 Å². The number of hydrogen-bond donors (Lipinski definition) is 3. The standard InChI is InChI=1S/C16H16N2O4/c1-2-22-15-8-7-11(9-14(15)20)10-17-18-16(21)12-5-3-4-6-13(12)19/h3-10,19-20H,2H2,1H3,(H,18,21). The molecular formula is C16H16N2O4. The number of hydrazone groups is 1. The molecule has 2 aromatic carbocycles. The molecule has 3 N–H and O–H groups in total. The van der Waals surface area contributed by atoms with Gasteiger partial charge < -0.3 is 14.9 Å². The molecule has 0 saturated carbocycles. The van der Waals surface area contributed by atoms with Crippen LogP contribution < -0.4 is 10.2 Å². The molecule has 114 valence electrons. The van der Waals surface area contributed by atoms with E-state index >= 15 is 0 Å². The highest BCUT2D eigenvalue weighted by Gasteiger charge is 2.08. The monoisotopic (exact) mass is 300 g/mol. The van der Waals surface area contributed by atoms with Crippen LogP contribution in [0.15, 0.2) is 47.6 Å². The highest BCUT2D eigenvalue weighted by Crippen LogP contribution is 2.26.